The van der Waals surface area contributed by atoms with Crippen molar-refractivity contribution in [3.8, 4) is 0 Å². The molecule has 0 bridgehead atoms. The van der Waals surface area contributed by atoms with Crippen molar-refractivity contribution in [3.05, 3.63) is 34.5 Å². The number of amides is 2. The van der Waals surface area contributed by atoms with Crippen LogP contribution in [0.3, 0.4) is 0 Å². The molecule has 0 saturated heterocycles. The standard InChI is InChI=1S/C17H23N5O2S/c1-3-4-14(20-16(23)12(2)22-11-18-10-19-22)17(24)21-7-5-15-13(9-21)6-8-25-15/h6,8,10-12,14H,3-5,7,9H2,1-2H3,(H,20,23)/t12-,14-/m1/s1. The first kappa shape index (κ1) is 17.6. The summed E-state index contributed by atoms with van der Waals surface area (Å²) < 4.78 is 1.49. The van der Waals surface area contributed by atoms with Gasteiger partial charge in [-0.15, -0.1) is 11.3 Å². The molecule has 2 aromatic heterocycles. The predicted octanol–water partition coefficient (Wildman–Crippen LogP) is 1.77. The minimum Gasteiger partial charge on any atom is -0.342 e. The molecule has 0 unspecified atom stereocenters. The van der Waals surface area contributed by atoms with E-state index in [9.17, 15) is 9.59 Å². The number of thiophene rings is 1. The van der Waals surface area contributed by atoms with Gasteiger partial charge in [0.15, 0.2) is 0 Å². The SMILES string of the molecule is CCC[C@@H](NC(=O)[C@@H](C)n1cncn1)C(=O)N1CCc2sccc2C1. The number of hydrogen-bond acceptors (Lipinski definition) is 5. The third-order valence-electron chi connectivity index (χ3n) is 4.52. The number of rotatable bonds is 6. The maximum atomic E-state index is 12.9. The lowest BCUT2D eigenvalue weighted by Gasteiger charge is -2.31. The molecule has 25 heavy (non-hydrogen) atoms. The van der Waals surface area contributed by atoms with Crippen LogP contribution in [0.15, 0.2) is 24.1 Å². The summed E-state index contributed by atoms with van der Waals surface area (Å²) in [5.41, 5.74) is 1.22. The van der Waals surface area contributed by atoms with E-state index in [0.29, 0.717) is 19.5 Å². The van der Waals surface area contributed by atoms with Crippen molar-refractivity contribution in [3.63, 3.8) is 0 Å². The first-order valence-corrected chi connectivity index (χ1v) is 9.46. The fourth-order valence-electron chi connectivity index (χ4n) is 3.03. The second kappa shape index (κ2) is 7.77. The van der Waals surface area contributed by atoms with Crippen LogP contribution in [0.25, 0.3) is 0 Å². The quantitative estimate of drug-likeness (QED) is 0.850. The Bertz CT molecular complexity index is 727. The molecular weight excluding hydrogens is 338 g/mol. The highest BCUT2D eigenvalue weighted by Gasteiger charge is 2.29. The third-order valence-corrected chi connectivity index (χ3v) is 5.55. The molecule has 0 spiro atoms. The second-order valence-electron chi connectivity index (χ2n) is 6.28. The van der Waals surface area contributed by atoms with Crippen molar-refractivity contribution in [2.75, 3.05) is 6.54 Å². The summed E-state index contributed by atoms with van der Waals surface area (Å²) in [6, 6.07) is 1.09. The Balaban J connectivity index is 1.66. The Morgan fingerprint density at radius 1 is 1.44 bits per heavy atom. The molecule has 7 nitrogen and oxygen atoms in total. The van der Waals surface area contributed by atoms with Crippen molar-refractivity contribution in [2.45, 2.75) is 51.7 Å². The van der Waals surface area contributed by atoms with Crippen molar-refractivity contribution < 1.29 is 9.59 Å². The van der Waals surface area contributed by atoms with E-state index in [1.54, 1.807) is 18.3 Å². The van der Waals surface area contributed by atoms with E-state index in [4.69, 9.17) is 0 Å². The van der Waals surface area contributed by atoms with E-state index in [0.717, 1.165) is 12.8 Å². The van der Waals surface area contributed by atoms with Crippen molar-refractivity contribution in [2.24, 2.45) is 0 Å². The van der Waals surface area contributed by atoms with Crippen LogP contribution in [-0.4, -0.2) is 44.1 Å². The number of fused-ring (bicyclic) bond motifs is 1. The predicted molar refractivity (Wildman–Crippen MR) is 95.0 cm³/mol. The number of nitrogens with one attached hydrogen (secondary N) is 1. The van der Waals surface area contributed by atoms with Crippen LogP contribution in [0.4, 0.5) is 0 Å². The molecule has 2 atom stereocenters. The zero-order chi connectivity index (χ0) is 17.8. The molecule has 1 aliphatic heterocycles. The number of carbonyl (C=O) groups is 2. The Morgan fingerprint density at radius 2 is 2.28 bits per heavy atom. The average Bonchev–Trinajstić information content (AvgIpc) is 3.30. The normalized spacial score (nSPS) is 16.2. The molecule has 0 fully saturated rings. The average molecular weight is 361 g/mol. The maximum Gasteiger partial charge on any atom is 0.245 e. The molecule has 1 aliphatic rings. The number of hydrogen-bond donors (Lipinski definition) is 1. The Morgan fingerprint density at radius 3 is 3.00 bits per heavy atom. The van der Waals surface area contributed by atoms with Crippen LogP contribution in [0.5, 0.6) is 0 Å². The van der Waals surface area contributed by atoms with Gasteiger partial charge in [-0.25, -0.2) is 9.67 Å². The largest absolute Gasteiger partial charge is 0.342 e. The molecule has 3 rings (SSSR count). The Hall–Kier alpha value is -2.22. The van der Waals surface area contributed by atoms with E-state index in [1.165, 1.54) is 27.8 Å². The molecular formula is C17H23N5O2S. The summed E-state index contributed by atoms with van der Waals surface area (Å²) in [5.74, 6) is -0.219. The van der Waals surface area contributed by atoms with Crippen LogP contribution >= 0.6 is 11.3 Å². The highest BCUT2D eigenvalue weighted by atomic mass is 32.1. The van der Waals surface area contributed by atoms with Crippen molar-refractivity contribution in [1.29, 1.82) is 0 Å². The van der Waals surface area contributed by atoms with Gasteiger partial charge in [-0.2, -0.15) is 5.10 Å². The van der Waals surface area contributed by atoms with Crippen molar-refractivity contribution >= 4 is 23.2 Å². The number of aromatic nitrogens is 3. The van der Waals surface area contributed by atoms with Crippen LogP contribution in [0.1, 0.15) is 43.2 Å². The monoisotopic (exact) mass is 361 g/mol. The lowest BCUT2D eigenvalue weighted by Crippen LogP contribution is -2.50. The summed E-state index contributed by atoms with van der Waals surface area (Å²) in [7, 11) is 0. The highest BCUT2D eigenvalue weighted by molar-refractivity contribution is 7.10. The van der Waals surface area contributed by atoms with E-state index >= 15 is 0 Å². The fourth-order valence-corrected chi connectivity index (χ4v) is 3.92. The first-order chi connectivity index (χ1) is 12.1. The van der Waals surface area contributed by atoms with Gasteiger partial charge in [0.05, 0.1) is 0 Å². The van der Waals surface area contributed by atoms with E-state index in [2.05, 4.69) is 26.8 Å². The number of carbonyl (C=O) groups excluding carboxylic acids is 2. The zero-order valence-corrected chi connectivity index (χ0v) is 15.3. The summed E-state index contributed by atoms with van der Waals surface area (Å²) in [4.78, 5) is 32.5. The van der Waals surface area contributed by atoms with Gasteiger partial charge in [0.1, 0.15) is 24.7 Å². The van der Waals surface area contributed by atoms with Gasteiger partial charge >= 0.3 is 0 Å². The molecule has 0 aliphatic carbocycles. The minimum absolute atomic E-state index is 0.00200. The second-order valence-corrected chi connectivity index (χ2v) is 7.28. The molecule has 2 aromatic rings. The summed E-state index contributed by atoms with van der Waals surface area (Å²) in [5, 5.41) is 8.97. The molecule has 0 saturated carbocycles. The van der Waals surface area contributed by atoms with E-state index < -0.39 is 12.1 Å². The lowest BCUT2D eigenvalue weighted by atomic mass is 10.1. The van der Waals surface area contributed by atoms with Gasteiger partial charge in [-0.1, -0.05) is 13.3 Å². The molecule has 3 heterocycles. The van der Waals surface area contributed by atoms with Gasteiger partial charge in [0.25, 0.3) is 0 Å². The molecule has 2 amide bonds. The Kier molecular flexibility index (Phi) is 5.47. The minimum atomic E-state index is -0.500. The summed E-state index contributed by atoms with van der Waals surface area (Å²) in [6.45, 7) is 5.10. The Labute approximate surface area is 151 Å². The molecule has 8 heteroatoms. The molecule has 1 N–H and O–H groups in total. The topological polar surface area (TPSA) is 80.1 Å². The maximum absolute atomic E-state index is 12.9. The molecule has 0 radical (unpaired) electrons. The van der Waals surface area contributed by atoms with Crippen molar-refractivity contribution in [1.82, 2.24) is 25.0 Å². The zero-order valence-electron chi connectivity index (χ0n) is 14.5. The van der Waals surface area contributed by atoms with Crippen LogP contribution in [0.2, 0.25) is 0 Å². The lowest BCUT2D eigenvalue weighted by molar-refractivity contribution is -0.138. The van der Waals surface area contributed by atoms with Gasteiger partial charge in [-0.05, 0) is 36.8 Å². The van der Waals surface area contributed by atoms with Crippen LogP contribution in [-0.2, 0) is 22.6 Å². The van der Waals surface area contributed by atoms with Crippen LogP contribution in [0, 0.1) is 0 Å². The summed E-state index contributed by atoms with van der Waals surface area (Å²) in [6.07, 6.45) is 5.24. The molecule has 0 aromatic carbocycles. The van der Waals surface area contributed by atoms with Gasteiger partial charge < -0.3 is 10.2 Å². The first-order valence-electron chi connectivity index (χ1n) is 8.58. The molecule has 134 valence electrons. The van der Waals surface area contributed by atoms with E-state index in [-0.39, 0.29) is 11.8 Å². The fraction of sp³-hybridized carbons (Fsp3) is 0.529. The summed E-state index contributed by atoms with van der Waals surface area (Å²) >= 11 is 1.75. The smallest absolute Gasteiger partial charge is 0.245 e. The van der Waals surface area contributed by atoms with Gasteiger partial charge in [-0.3, -0.25) is 9.59 Å². The third kappa shape index (κ3) is 3.89. The van der Waals surface area contributed by atoms with Gasteiger partial charge in [0, 0.05) is 18.0 Å². The van der Waals surface area contributed by atoms with Crippen LogP contribution < -0.4 is 5.32 Å². The number of nitrogens with zero attached hydrogens (tertiary/aromatic N) is 4. The highest BCUT2D eigenvalue weighted by Crippen LogP contribution is 2.24. The van der Waals surface area contributed by atoms with Gasteiger partial charge in [0.2, 0.25) is 11.8 Å². The van der Waals surface area contributed by atoms with E-state index in [1.807, 2.05) is 11.8 Å².